The number of nitrogens with zero attached hydrogens (tertiary/aromatic N) is 1. The predicted molar refractivity (Wildman–Crippen MR) is 101 cm³/mol. The van der Waals surface area contributed by atoms with Gasteiger partial charge in [-0.15, -0.1) is 11.3 Å². The lowest BCUT2D eigenvalue weighted by Gasteiger charge is -2.07. The molecule has 0 saturated carbocycles. The first kappa shape index (κ1) is 16.8. The number of hydrogen-bond acceptors (Lipinski definition) is 2. The first-order chi connectivity index (χ1) is 11.8. The molecule has 3 aromatic rings. The lowest BCUT2D eigenvalue weighted by Crippen LogP contribution is -1.89. The van der Waals surface area contributed by atoms with Crippen LogP contribution in [0.15, 0.2) is 54.0 Å². The van der Waals surface area contributed by atoms with Crippen LogP contribution in [-0.4, -0.2) is 4.98 Å². The van der Waals surface area contributed by atoms with Gasteiger partial charge in [-0.3, -0.25) is 4.98 Å². The minimum Gasteiger partial charge on any atom is -0.256 e. The normalized spacial score (nSPS) is 10.9. The fourth-order valence-corrected chi connectivity index (χ4v) is 3.83. The number of rotatable bonds is 7. The van der Waals surface area contributed by atoms with Gasteiger partial charge in [-0.25, -0.2) is 4.39 Å². The zero-order valence-electron chi connectivity index (χ0n) is 14.0. The third-order valence-electron chi connectivity index (χ3n) is 4.21. The predicted octanol–water partition coefficient (Wildman–Crippen LogP) is 6.74. The Morgan fingerprint density at radius 1 is 0.958 bits per heavy atom. The number of hydrogen-bond donors (Lipinski definition) is 0. The van der Waals surface area contributed by atoms with E-state index in [0.717, 1.165) is 17.7 Å². The molecule has 24 heavy (non-hydrogen) atoms. The molecule has 0 radical (unpaired) electrons. The Kier molecular flexibility index (Phi) is 5.76. The summed E-state index contributed by atoms with van der Waals surface area (Å²) in [6, 6.07) is 12.9. The highest BCUT2D eigenvalue weighted by Crippen LogP contribution is 2.32. The van der Waals surface area contributed by atoms with E-state index in [1.54, 1.807) is 23.5 Å². The Labute approximate surface area is 147 Å². The molecule has 3 rings (SSSR count). The second kappa shape index (κ2) is 8.20. The van der Waals surface area contributed by atoms with E-state index in [2.05, 4.69) is 35.5 Å². The first-order valence-corrected chi connectivity index (χ1v) is 9.44. The van der Waals surface area contributed by atoms with Gasteiger partial charge in [0, 0.05) is 16.6 Å². The van der Waals surface area contributed by atoms with Crippen LogP contribution in [0.25, 0.3) is 21.7 Å². The van der Waals surface area contributed by atoms with Gasteiger partial charge in [-0.2, -0.15) is 0 Å². The van der Waals surface area contributed by atoms with Crippen molar-refractivity contribution in [3.63, 3.8) is 0 Å². The van der Waals surface area contributed by atoms with Gasteiger partial charge in [0.05, 0.1) is 5.69 Å². The fourth-order valence-electron chi connectivity index (χ4n) is 2.88. The van der Waals surface area contributed by atoms with Crippen LogP contribution in [0.2, 0.25) is 0 Å². The third-order valence-corrected chi connectivity index (χ3v) is 5.21. The van der Waals surface area contributed by atoms with E-state index in [1.807, 2.05) is 6.20 Å². The zero-order valence-corrected chi connectivity index (χ0v) is 14.8. The maximum absolute atomic E-state index is 13.1. The van der Waals surface area contributed by atoms with Crippen molar-refractivity contribution in [3.8, 4) is 21.7 Å². The Bertz CT molecular complexity index is 777. The molecule has 0 aliphatic rings. The lowest BCUT2D eigenvalue weighted by molar-refractivity contribution is 0.628. The molecule has 0 aliphatic heterocycles. The van der Waals surface area contributed by atoms with Crippen LogP contribution in [0, 0.1) is 5.82 Å². The van der Waals surface area contributed by atoms with Crippen molar-refractivity contribution < 1.29 is 4.39 Å². The van der Waals surface area contributed by atoms with Gasteiger partial charge < -0.3 is 0 Å². The molecule has 124 valence electrons. The van der Waals surface area contributed by atoms with Gasteiger partial charge in [0.1, 0.15) is 5.82 Å². The smallest absolute Gasteiger partial charge is 0.123 e. The molecule has 0 N–H and O–H groups in total. The molecule has 0 bridgehead atoms. The molecule has 0 spiro atoms. The molecule has 0 unspecified atom stereocenters. The van der Waals surface area contributed by atoms with E-state index < -0.39 is 0 Å². The van der Waals surface area contributed by atoms with Crippen LogP contribution in [-0.2, 0) is 6.42 Å². The van der Waals surface area contributed by atoms with E-state index in [4.69, 9.17) is 0 Å². The Hall–Kier alpha value is -2.00. The molecule has 0 saturated heterocycles. The van der Waals surface area contributed by atoms with Crippen LogP contribution < -0.4 is 0 Å². The maximum atomic E-state index is 13.1. The number of pyridine rings is 1. The van der Waals surface area contributed by atoms with E-state index in [0.29, 0.717) is 0 Å². The Balaban J connectivity index is 1.82. The summed E-state index contributed by atoms with van der Waals surface area (Å²) in [4.78, 5) is 5.78. The molecule has 0 aliphatic carbocycles. The van der Waals surface area contributed by atoms with Gasteiger partial charge in [-0.05, 0) is 71.8 Å². The molecular weight excluding hydrogens is 317 g/mol. The van der Waals surface area contributed by atoms with Gasteiger partial charge >= 0.3 is 0 Å². The summed E-state index contributed by atoms with van der Waals surface area (Å²) in [6.45, 7) is 2.24. The van der Waals surface area contributed by atoms with Gasteiger partial charge in [0.15, 0.2) is 0 Å². The molecule has 0 fully saturated rings. The standard InChI is InChI=1S/C21H22FNS/c1-2-3-4-5-6-17-12-14-24-21(17)18-11-13-23-20(15-18)16-7-9-19(22)10-8-16/h7-15H,2-6H2,1H3. The summed E-state index contributed by atoms with van der Waals surface area (Å²) in [7, 11) is 0. The first-order valence-electron chi connectivity index (χ1n) is 8.56. The van der Waals surface area contributed by atoms with Crippen LogP contribution in [0.5, 0.6) is 0 Å². The van der Waals surface area contributed by atoms with E-state index in [9.17, 15) is 4.39 Å². The second-order valence-electron chi connectivity index (χ2n) is 6.02. The fraction of sp³-hybridized carbons (Fsp3) is 0.286. The SMILES string of the molecule is CCCCCCc1ccsc1-c1ccnc(-c2ccc(F)cc2)c1. The van der Waals surface area contributed by atoms with E-state index >= 15 is 0 Å². The zero-order chi connectivity index (χ0) is 16.8. The van der Waals surface area contributed by atoms with E-state index in [1.165, 1.54) is 53.8 Å². The number of aryl methyl sites for hydroxylation is 1. The molecule has 3 heteroatoms. The summed E-state index contributed by atoms with van der Waals surface area (Å²) in [5, 5.41) is 2.17. The molecule has 0 amide bonds. The number of thiophene rings is 1. The summed E-state index contributed by atoms with van der Waals surface area (Å²) in [6.07, 6.45) is 8.09. The summed E-state index contributed by atoms with van der Waals surface area (Å²) >= 11 is 1.78. The number of unbranched alkanes of at least 4 members (excludes halogenated alkanes) is 3. The average Bonchev–Trinajstić information content (AvgIpc) is 3.08. The Morgan fingerprint density at radius 3 is 2.58 bits per heavy atom. The molecule has 2 heterocycles. The second-order valence-corrected chi connectivity index (χ2v) is 6.94. The highest BCUT2D eigenvalue weighted by molar-refractivity contribution is 7.13. The van der Waals surface area contributed by atoms with Crippen molar-refractivity contribution >= 4 is 11.3 Å². The van der Waals surface area contributed by atoms with Crippen molar-refractivity contribution in [2.24, 2.45) is 0 Å². The van der Waals surface area contributed by atoms with Crippen molar-refractivity contribution in [1.82, 2.24) is 4.98 Å². The molecule has 1 aromatic carbocycles. The van der Waals surface area contributed by atoms with Crippen molar-refractivity contribution in [2.45, 2.75) is 39.0 Å². The monoisotopic (exact) mass is 339 g/mol. The quantitative estimate of drug-likeness (QED) is 0.434. The number of halogens is 1. The van der Waals surface area contributed by atoms with Crippen LogP contribution in [0.4, 0.5) is 4.39 Å². The van der Waals surface area contributed by atoms with Crippen molar-refractivity contribution in [3.05, 3.63) is 65.4 Å². The molecule has 2 aromatic heterocycles. The highest BCUT2D eigenvalue weighted by atomic mass is 32.1. The van der Waals surface area contributed by atoms with Crippen LogP contribution in [0.3, 0.4) is 0 Å². The van der Waals surface area contributed by atoms with Gasteiger partial charge in [-0.1, -0.05) is 26.2 Å². The molecule has 0 atom stereocenters. The Morgan fingerprint density at radius 2 is 1.79 bits per heavy atom. The topological polar surface area (TPSA) is 12.9 Å². The largest absolute Gasteiger partial charge is 0.256 e. The molecule has 1 nitrogen and oxygen atoms in total. The van der Waals surface area contributed by atoms with Crippen molar-refractivity contribution in [2.75, 3.05) is 0 Å². The average molecular weight is 339 g/mol. The van der Waals surface area contributed by atoms with Crippen molar-refractivity contribution in [1.29, 1.82) is 0 Å². The van der Waals surface area contributed by atoms with Gasteiger partial charge in [0.25, 0.3) is 0 Å². The van der Waals surface area contributed by atoms with E-state index in [-0.39, 0.29) is 5.82 Å². The van der Waals surface area contributed by atoms with Crippen LogP contribution in [0.1, 0.15) is 38.2 Å². The summed E-state index contributed by atoms with van der Waals surface area (Å²) < 4.78 is 13.1. The molecular formula is C21H22FNS. The van der Waals surface area contributed by atoms with Crippen LogP contribution >= 0.6 is 11.3 Å². The number of benzene rings is 1. The number of aromatic nitrogens is 1. The minimum atomic E-state index is -0.220. The highest BCUT2D eigenvalue weighted by Gasteiger charge is 2.09. The van der Waals surface area contributed by atoms with Gasteiger partial charge in [0.2, 0.25) is 0 Å². The maximum Gasteiger partial charge on any atom is 0.123 e. The minimum absolute atomic E-state index is 0.220. The summed E-state index contributed by atoms with van der Waals surface area (Å²) in [5.74, 6) is -0.220. The lowest BCUT2D eigenvalue weighted by atomic mass is 10.0. The summed E-state index contributed by atoms with van der Waals surface area (Å²) in [5.41, 5.74) is 4.45. The third kappa shape index (κ3) is 4.09.